The van der Waals surface area contributed by atoms with Gasteiger partial charge in [0.05, 0.1) is 4.90 Å². The maximum absolute atomic E-state index is 12.2. The lowest BCUT2D eigenvalue weighted by molar-refractivity contribution is 0.0919. The monoisotopic (exact) mass is 337 g/mol. The number of carbonyl (C=O) groups is 1. The van der Waals surface area contributed by atoms with Crippen LogP contribution in [0.3, 0.4) is 0 Å². The molecule has 0 unspecified atom stereocenters. The summed E-state index contributed by atoms with van der Waals surface area (Å²) in [6, 6.07) is 7.13. The molecule has 2 N–H and O–H groups in total. The fraction of sp³-hybridized carbons (Fsp3) is 0.333. The van der Waals surface area contributed by atoms with E-state index in [2.05, 4.69) is 15.2 Å². The number of carbonyl (C=O) groups excluding carboxylic acids is 1. The molecule has 23 heavy (non-hydrogen) atoms. The SMILES string of the molecule is Cc1cc(NS(=O)(=O)c2ccc(C(=O)NC(C)(C)C)cc2)no1. The Labute approximate surface area is 135 Å². The molecule has 1 heterocycles. The smallest absolute Gasteiger partial charge is 0.263 e. The number of rotatable bonds is 4. The molecule has 0 bridgehead atoms. The van der Waals surface area contributed by atoms with E-state index in [-0.39, 0.29) is 22.2 Å². The fourth-order valence-corrected chi connectivity index (χ4v) is 2.79. The maximum Gasteiger partial charge on any atom is 0.263 e. The Morgan fingerprint density at radius 3 is 2.26 bits per heavy atom. The van der Waals surface area contributed by atoms with Crippen LogP contribution in [0.15, 0.2) is 39.8 Å². The lowest BCUT2D eigenvalue weighted by Gasteiger charge is -2.20. The molecule has 0 fully saturated rings. The van der Waals surface area contributed by atoms with Crippen molar-refractivity contribution in [3.8, 4) is 0 Å². The van der Waals surface area contributed by atoms with Gasteiger partial charge in [-0.1, -0.05) is 5.16 Å². The standard InChI is InChI=1S/C15H19N3O4S/c1-10-9-13(17-22-10)18-23(20,21)12-7-5-11(6-8-12)14(19)16-15(2,3)4/h5-9H,1-4H3,(H,16,19)(H,17,18). The Morgan fingerprint density at radius 1 is 1.17 bits per heavy atom. The lowest BCUT2D eigenvalue weighted by atomic mass is 10.1. The summed E-state index contributed by atoms with van der Waals surface area (Å²) in [6.07, 6.45) is 0. The minimum absolute atomic E-state index is 0.0328. The number of aryl methyl sites for hydroxylation is 1. The van der Waals surface area contributed by atoms with Gasteiger partial charge in [0.25, 0.3) is 15.9 Å². The van der Waals surface area contributed by atoms with E-state index in [0.717, 1.165) is 0 Å². The molecule has 1 amide bonds. The Morgan fingerprint density at radius 2 is 1.78 bits per heavy atom. The van der Waals surface area contributed by atoms with Gasteiger partial charge in [0.1, 0.15) is 5.76 Å². The second-order valence-corrected chi connectivity index (χ2v) is 7.84. The molecule has 124 valence electrons. The Kier molecular flexibility index (Phi) is 4.46. The van der Waals surface area contributed by atoms with Gasteiger partial charge in [-0.2, -0.15) is 0 Å². The number of nitrogens with zero attached hydrogens (tertiary/aromatic N) is 1. The van der Waals surface area contributed by atoms with Crippen molar-refractivity contribution in [2.24, 2.45) is 0 Å². The van der Waals surface area contributed by atoms with Crippen LogP contribution in [0.1, 0.15) is 36.9 Å². The highest BCUT2D eigenvalue weighted by Gasteiger charge is 2.18. The second kappa shape index (κ2) is 6.04. The van der Waals surface area contributed by atoms with Gasteiger partial charge in [0, 0.05) is 17.2 Å². The number of hydrogen-bond donors (Lipinski definition) is 2. The first kappa shape index (κ1) is 17.0. The van der Waals surface area contributed by atoms with Gasteiger partial charge in [-0.3, -0.25) is 9.52 Å². The van der Waals surface area contributed by atoms with E-state index in [1.54, 1.807) is 6.92 Å². The van der Waals surface area contributed by atoms with Crippen molar-refractivity contribution < 1.29 is 17.7 Å². The van der Waals surface area contributed by atoms with Crippen molar-refractivity contribution in [3.05, 3.63) is 41.7 Å². The molecule has 2 aromatic rings. The van der Waals surface area contributed by atoms with Crippen molar-refractivity contribution in [1.29, 1.82) is 0 Å². The first-order valence-electron chi connectivity index (χ1n) is 6.95. The van der Waals surface area contributed by atoms with E-state index in [1.165, 1.54) is 30.3 Å². The predicted molar refractivity (Wildman–Crippen MR) is 85.7 cm³/mol. The van der Waals surface area contributed by atoms with E-state index in [9.17, 15) is 13.2 Å². The quantitative estimate of drug-likeness (QED) is 0.891. The molecule has 1 aromatic heterocycles. The van der Waals surface area contributed by atoms with Crippen molar-refractivity contribution in [2.45, 2.75) is 38.1 Å². The molecular weight excluding hydrogens is 318 g/mol. The lowest BCUT2D eigenvalue weighted by Crippen LogP contribution is -2.40. The number of aromatic nitrogens is 1. The minimum atomic E-state index is -3.78. The third-order valence-electron chi connectivity index (χ3n) is 2.78. The van der Waals surface area contributed by atoms with E-state index < -0.39 is 10.0 Å². The minimum Gasteiger partial charge on any atom is -0.360 e. The summed E-state index contributed by atoms with van der Waals surface area (Å²) in [7, 11) is -3.78. The largest absolute Gasteiger partial charge is 0.360 e. The summed E-state index contributed by atoms with van der Waals surface area (Å²) in [5, 5.41) is 6.39. The topological polar surface area (TPSA) is 101 Å². The molecule has 0 saturated carbocycles. The number of anilines is 1. The van der Waals surface area contributed by atoms with Crippen molar-refractivity contribution in [1.82, 2.24) is 10.5 Å². The molecule has 8 heteroatoms. The zero-order chi connectivity index (χ0) is 17.3. The van der Waals surface area contributed by atoms with Crippen LogP contribution in [-0.2, 0) is 10.0 Å². The molecule has 7 nitrogen and oxygen atoms in total. The molecular formula is C15H19N3O4S. The van der Waals surface area contributed by atoms with Crippen LogP contribution in [-0.4, -0.2) is 25.0 Å². The molecule has 0 aliphatic rings. The number of amides is 1. The Hall–Kier alpha value is -2.35. The van der Waals surface area contributed by atoms with E-state index >= 15 is 0 Å². The van der Waals surface area contributed by atoms with Crippen LogP contribution in [0.25, 0.3) is 0 Å². The average molecular weight is 337 g/mol. The number of nitrogens with one attached hydrogen (secondary N) is 2. The molecule has 0 radical (unpaired) electrons. The zero-order valence-corrected chi connectivity index (χ0v) is 14.2. The highest BCUT2D eigenvalue weighted by Crippen LogP contribution is 2.16. The van der Waals surface area contributed by atoms with Gasteiger partial charge in [-0.05, 0) is 52.0 Å². The molecule has 0 aliphatic heterocycles. The van der Waals surface area contributed by atoms with Crippen molar-refractivity contribution in [3.63, 3.8) is 0 Å². The van der Waals surface area contributed by atoms with Gasteiger partial charge >= 0.3 is 0 Å². The van der Waals surface area contributed by atoms with Crippen LogP contribution >= 0.6 is 0 Å². The van der Waals surface area contributed by atoms with E-state index in [1.807, 2.05) is 20.8 Å². The first-order valence-corrected chi connectivity index (χ1v) is 8.44. The van der Waals surface area contributed by atoms with Crippen molar-refractivity contribution in [2.75, 3.05) is 4.72 Å². The normalized spacial score (nSPS) is 12.0. The summed E-state index contributed by atoms with van der Waals surface area (Å²) >= 11 is 0. The summed E-state index contributed by atoms with van der Waals surface area (Å²) in [6.45, 7) is 7.27. The summed E-state index contributed by atoms with van der Waals surface area (Å²) in [5.74, 6) is 0.343. The highest BCUT2D eigenvalue weighted by atomic mass is 32.2. The molecule has 1 aromatic carbocycles. The van der Waals surface area contributed by atoms with Crippen LogP contribution in [0.4, 0.5) is 5.82 Å². The van der Waals surface area contributed by atoms with E-state index in [0.29, 0.717) is 11.3 Å². The van der Waals surface area contributed by atoms with Crippen LogP contribution in [0, 0.1) is 6.92 Å². The molecule has 2 rings (SSSR count). The predicted octanol–water partition coefficient (Wildman–Crippen LogP) is 2.31. The molecule has 0 atom stereocenters. The second-order valence-electron chi connectivity index (χ2n) is 6.16. The van der Waals surface area contributed by atoms with Gasteiger partial charge < -0.3 is 9.84 Å². The van der Waals surface area contributed by atoms with Gasteiger partial charge in [-0.25, -0.2) is 8.42 Å². The third kappa shape index (κ3) is 4.56. The van der Waals surface area contributed by atoms with Gasteiger partial charge in [0.2, 0.25) is 0 Å². The first-order chi connectivity index (χ1) is 10.6. The van der Waals surface area contributed by atoms with Crippen molar-refractivity contribution >= 4 is 21.7 Å². The number of hydrogen-bond acceptors (Lipinski definition) is 5. The van der Waals surface area contributed by atoms with E-state index in [4.69, 9.17) is 4.52 Å². The fourth-order valence-electron chi connectivity index (χ4n) is 1.81. The Balaban J connectivity index is 2.16. The highest BCUT2D eigenvalue weighted by molar-refractivity contribution is 7.92. The maximum atomic E-state index is 12.2. The molecule has 0 aliphatic carbocycles. The summed E-state index contributed by atoms with van der Waals surface area (Å²) < 4.78 is 31.6. The van der Waals surface area contributed by atoms with Crippen LogP contribution in [0.2, 0.25) is 0 Å². The van der Waals surface area contributed by atoms with Crippen LogP contribution in [0.5, 0.6) is 0 Å². The van der Waals surface area contributed by atoms with Crippen LogP contribution < -0.4 is 10.0 Å². The zero-order valence-electron chi connectivity index (χ0n) is 13.4. The Bertz CT molecular complexity index is 802. The molecule has 0 saturated heterocycles. The summed E-state index contributed by atoms with van der Waals surface area (Å²) in [4.78, 5) is 12.0. The van der Waals surface area contributed by atoms with Gasteiger partial charge in [0.15, 0.2) is 5.82 Å². The van der Waals surface area contributed by atoms with Gasteiger partial charge in [-0.15, -0.1) is 0 Å². The average Bonchev–Trinajstić information content (AvgIpc) is 2.81. The number of benzene rings is 1. The molecule has 0 spiro atoms. The number of sulfonamides is 1. The summed E-state index contributed by atoms with van der Waals surface area (Å²) in [5.41, 5.74) is 0.0185. The third-order valence-corrected chi connectivity index (χ3v) is 4.15.